The Morgan fingerprint density at radius 1 is 1.12 bits per heavy atom. The highest BCUT2D eigenvalue weighted by molar-refractivity contribution is 6.29. The van der Waals surface area contributed by atoms with Crippen molar-refractivity contribution in [1.29, 1.82) is 0 Å². The highest BCUT2D eigenvalue weighted by Crippen LogP contribution is 2.20. The lowest BCUT2D eigenvalue weighted by Gasteiger charge is -2.01. The SMILES string of the molecule is CC.Nc1nc(Cl)cc(-c2ccc(F)cc2)n1. The number of halogens is 2. The van der Waals surface area contributed by atoms with Crippen molar-refractivity contribution in [3.63, 3.8) is 0 Å². The molecule has 0 saturated heterocycles. The van der Waals surface area contributed by atoms with Crippen LogP contribution in [0.4, 0.5) is 10.3 Å². The molecule has 0 aliphatic heterocycles. The fourth-order valence-corrected chi connectivity index (χ4v) is 1.39. The third kappa shape index (κ3) is 3.67. The lowest BCUT2D eigenvalue weighted by Crippen LogP contribution is -1.96. The summed E-state index contributed by atoms with van der Waals surface area (Å²) in [4.78, 5) is 7.73. The zero-order chi connectivity index (χ0) is 12.8. The van der Waals surface area contributed by atoms with Gasteiger partial charge < -0.3 is 5.73 Å². The number of aromatic nitrogens is 2. The minimum Gasteiger partial charge on any atom is -0.368 e. The molecule has 90 valence electrons. The van der Waals surface area contributed by atoms with Crippen LogP contribution < -0.4 is 5.73 Å². The molecule has 0 fully saturated rings. The number of hydrogen-bond acceptors (Lipinski definition) is 3. The molecule has 0 saturated carbocycles. The molecule has 1 aromatic carbocycles. The van der Waals surface area contributed by atoms with Crippen LogP contribution in [0.2, 0.25) is 5.15 Å². The average molecular weight is 254 g/mol. The van der Waals surface area contributed by atoms with Gasteiger partial charge in [-0.2, -0.15) is 0 Å². The second-order valence-electron chi connectivity index (χ2n) is 2.94. The van der Waals surface area contributed by atoms with Crippen LogP contribution in [0.25, 0.3) is 11.3 Å². The number of nitrogens with zero attached hydrogens (tertiary/aromatic N) is 2. The quantitative estimate of drug-likeness (QED) is 0.791. The molecular weight excluding hydrogens is 241 g/mol. The maximum Gasteiger partial charge on any atom is 0.221 e. The number of benzene rings is 1. The number of nitrogens with two attached hydrogens (primary N) is 1. The van der Waals surface area contributed by atoms with E-state index < -0.39 is 0 Å². The summed E-state index contributed by atoms with van der Waals surface area (Å²) in [7, 11) is 0. The summed E-state index contributed by atoms with van der Waals surface area (Å²) >= 11 is 5.73. The smallest absolute Gasteiger partial charge is 0.221 e. The van der Waals surface area contributed by atoms with Crippen LogP contribution in [0.1, 0.15) is 13.8 Å². The molecule has 0 spiro atoms. The maximum absolute atomic E-state index is 12.7. The molecule has 1 heterocycles. The number of nitrogen functional groups attached to an aromatic ring is 1. The third-order valence-electron chi connectivity index (χ3n) is 1.85. The van der Waals surface area contributed by atoms with Crippen LogP contribution in [0, 0.1) is 5.82 Å². The fourth-order valence-electron chi connectivity index (χ4n) is 1.20. The van der Waals surface area contributed by atoms with E-state index in [4.69, 9.17) is 17.3 Å². The largest absolute Gasteiger partial charge is 0.368 e. The molecule has 0 amide bonds. The fraction of sp³-hybridized carbons (Fsp3) is 0.167. The zero-order valence-corrected chi connectivity index (χ0v) is 10.4. The van der Waals surface area contributed by atoms with Crippen molar-refractivity contribution in [3.8, 4) is 11.3 Å². The predicted molar refractivity (Wildman–Crippen MR) is 68.2 cm³/mol. The molecule has 1 aromatic heterocycles. The molecule has 3 nitrogen and oxygen atoms in total. The number of rotatable bonds is 1. The standard InChI is InChI=1S/C10H7ClFN3.C2H6/c11-9-5-8(14-10(13)15-9)6-1-3-7(12)4-2-6;1-2/h1-5H,(H2,13,14,15);1-2H3. The van der Waals surface area contributed by atoms with Crippen LogP contribution in [0.5, 0.6) is 0 Å². The predicted octanol–water partition coefficient (Wildman–Crippen LogP) is 3.54. The van der Waals surface area contributed by atoms with Crippen molar-refractivity contribution in [2.45, 2.75) is 13.8 Å². The molecular formula is C12H13ClFN3. The molecule has 0 unspecified atom stereocenters. The zero-order valence-electron chi connectivity index (χ0n) is 9.61. The van der Waals surface area contributed by atoms with Crippen molar-refractivity contribution < 1.29 is 4.39 Å². The summed E-state index contributed by atoms with van der Waals surface area (Å²) in [5.41, 5.74) is 6.77. The first kappa shape index (κ1) is 13.4. The normalized spacial score (nSPS) is 9.41. The van der Waals surface area contributed by atoms with E-state index in [-0.39, 0.29) is 16.9 Å². The first-order valence-corrected chi connectivity index (χ1v) is 5.59. The summed E-state index contributed by atoms with van der Waals surface area (Å²) in [6, 6.07) is 7.48. The molecule has 0 bridgehead atoms. The van der Waals surface area contributed by atoms with Gasteiger partial charge in [-0.3, -0.25) is 0 Å². The Kier molecular flexibility index (Phi) is 4.84. The molecule has 2 aromatic rings. The molecule has 2 N–H and O–H groups in total. The summed E-state index contributed by atoms with van der Waals surface area (Å²) in [6.45, 7) is 4.00. The second kappa shape index (κ2) is 6.15. The minimum atomic E-state index is -0.299. The van der Waals surface area contributed by atoms with Gasteiger partial charge in [0.05, 0.1) is 5.69 Å². The third-order valence-corrected chi connectivity index (χ3v) is 2.05. The van der Waals surface area contributed by atoms with E-state index in [0.29, 0.717) is 5.69 Å². The molecule has 0 aliphatic rings. The van der Waals surface area contributed by atoms with Crippen LogP contribution in [0.3, 0.4) is 0 Å². The lowest BCUT2D eigenvalue weighted by molar-refractivity contribution is 0.628. The molecule has 17 heavy (non-hydrogen) atoms. The Labute approximate surface area is 104 Å². The van der Waals surface area contributed by atoms with Gasteiger partial charge in [-0.15, -0.1) is 0 Å². The van der Waals surface area contributed by atoms with E-state index in [9.17, 15) is 4.39 Å². The van der Waals surface area contributed by atoms with E-state index in [2.05, 4.69) is 9.97 Å². The first-order valence-electron chi connectivity index (χ1n) is 5.21. The second-order valence-corrected chi connectivity index (χ2v) is 3.33. The van der Waals surface area contributed by atoms with E-state index >= 15 is 0 Å². The lowest BCUT2D eigenvalue weighted by atomic mass is 10.1. The van der Waals surface area contributed by atoms with E-state index in [1.807, 2.05) is 13.8 Å². The van der Waals surface area contributed by atoms with Crippen LogP contribution >= 0.6 is 11.6 Å². The van der Waals surface area contributed by atoms with E-state index in [0.717, 1.165) is 5.56 Å². The van der Waals surface area contributed by atoms with Gasteiger partial charge in [0.15, 0.2) is 0 Å². The highest BCUT2D eigenvalue weighted by Gasteiger charge is 2.03. The molecule has 0 radical (unpaired) electrons. The maximum atomic E-state index is 12.7. The topological polar surface area (TPSA) is 51.8 Å². The Morgan fingerprint density at radius 2 is 1.71 bits per heavy atom. The van der Waals surface area contributed by atoms with Crippen molar-refractivity contribution in [3.05, 3.63) is 41.3 Å². The van der Waals surface area contributed by atoms with Gasteiger partial charge in [0, 0.05) is 11.6 Å². The Bertz CT molecular complexity index is 465. The Morgan fingerprint density at radius 3 is 2.24 bits per heavy atom. The number of hydrogen-bond donors (Lipinski definition) is 1. The van der Waals surface area contributed by atoms with Crippen LogP contribution in [-0.2, 0) is 0 Å². The van der Waals surface area contributed by atoms with Crippen LogP contribution in [0.15, 0.2) is 30.3 Å². The summed E-state index contributed by atoms with van der Waals surface area (Å²) < 4.78 is 12.7. The van der Waals surface area contributed by atoms with Crippen molar-refractivity contribution in [2.24, 2.45) is 0 Å². The van der Waals surface area contributed by atoms with Gasteiger partial charge >= 0.3 is 0 Å². The van der Waals surface area contributed by atoms with E-state index in [1.54, 1.807) is 18.2 Å². The Balaban J connectivity index is 0.000000686. The monoisotopic (exact) mass is 253 g/mol. The Hall–Kier alpha value is -1.68. The minimum absolute atomic E-state index is 0.0989. The van der Waals surface area contributed by atoms with Crippen molar-refractivity contribution in [1.82, 2.24) is 9.97 Å². The van der Waals surface area contributed by atoms with Gasteiger partial charge in [-0.25, -0.2) is 14.4 Å². The van der Waals surface area contributed by atoms with E-state index in [1.165, 1.54) is 12.1 Å². The summed E-state index contributed by atoms with van der Waals surface area (Å²) in [5.74, 6) is -0.200. The molecule has 5 heteroatoms. The van der Waals surface area contributed by atoms with Crippen LogP contribution in [-0.4, -0.2) is 9.97 Å². The summed E-state index contributed by atoms with van der Waals surface area (Å²) in [5, 5.41) is 0.266. The number of anilines is 1. The molecule has 2 rings (SSSR count). The molecule has 0 aliphatic carbocycles. The highest BCUT2D eigenvalue weighted by atomic mass is 35.5. The summed E-state index contributed by atoms with van der Waals surface area (Å²) in [6.07, 6.45) is 0. The van der Waals surface area contributed by atoms with Gasteiger partial charge in [0.2, 0.25) is 5.95 Å². The first-order chi connectivity index (χ1) is 8.15. The van der Waals surface area contributed by atoms with Gasteiger partial charge in [0.1, 0.15) is 11.0 Å². The van der Waals surface area contributed by atoms with Gasteiger partial charge in [0.25, 0.3) is 0 Å². The van der Waals surface area contributed by atoms with Crippen molar-refractivity contribution in [2.75, 3.05) is 5.73 Å². The average Bonchev–Trinajstić information content (AvgIpc) is 2.31. The van der Waals surface area contributed by atoms with Crippen molar-refractivity contribution >= 4 is 17.5 Å². The van der Waals surface area contributed by atoms with Gasteiger partial charge in [-0.05, 0) is 24.3 Å². The van der Waals surface area contributed by atoms with Gasteiger partial charge in [-0.1, -0.05) is 25.4 Å². The molecule has 0 atom stereocenters.